The first-order valence-electron chi connectivity index (χ1n) is 7.94. The molecule has 0 saturated heterocycles. The molecule has 1 N–H and O–H groups in total. The molecule has 120 valence electrons. The van der Waals surface area contributed by atoms with Crippen molar-refractivity contribution >= 4 is 31.8 Å². The fraction of sp³-hybridized carbons (Fsp3) is 0.471. The molecule has 5 nitrogen and oxygen atoms in total. The molecule has 0 bridgehead atoms. The number of H-pyrrole nitrogens is 1. The minimum absolute atomic E-state index is 0.109. The van der Waals surface area contributed by atoms with Crippen LogP contribution in [0, 0.1) is 0 Å². The monoisotopic (exact) mass is 329 g/mol. The zero-order chi connectivity index (χ0) is 16.2. The molecule has 0 fully saturated rings. The highest BCUT2D eigenvalue weighted by Crippen LogP contribution is 2.39. The van der Waals surface area contributed by atoms with Crippen molar-refractivity contribution in [3.05, 3.63) is 33.5 Å². The first kappa shape index (κ1) is 14.8. The fourth-order valence-corrected chi connectivity index (χ4v) is 4.45. The second-order valence-corrected chi connectivity index (χ2v) is 7.68. The van der Waals surface area contributed by atoms with Crippen molar-refractivity contribution in [1.82, 2.24) is 15.0 Å². The number of fused-ring (bicyclic) bond motifs is 5. The number of pyridine rings is 1. The van der Waals surface area contributed by atoms with Crippen LogP contribution in [0.5, 0.6) is 0 Å². The third kappa shape index (κ3) is 2.28. The number of aromatic amines is 1. The predicted molar refractivity (Wildman–Crippen MR) is 92.1 cm³/mol. The van der Waals surface area contributed by atoms with Gasteiger partial charge in [0.2, 0.25) is 0 Å². The van der Waals surface area contributed by atoms with Crippen molar-refractivity contribution in [2.45, 2.75) is 52.2 Å². The molecule has 6 heteroatoms. The molecule has 3 aromatic rings. The summed E-state index contributed by atoms with van der Waals surface area (Å²) >= 11 is 1.57. The number of aryl methyl sites for hydroxylation is 1. The van der Waals surface area contributed by atoms with Gasteiger partial charge in [-0.2, -0.15) is 0 Å². The number of hydrogen-bond acceptors (Lipinski definition) is 5. The van der Waals surface area contributed by atoms with Crippen LogP contribution < -0.4 is 5.56 Å². The van der Waals surface area contributed by atoms with Gasteiger partial charge in [0.05, 0.1) is 28.8 Å². The van der Waals surface area contributed by atoms with Crippen LogP contribution in [0.2, 0.25) is 0 Å². The number of thiophene rings is 1. The Balaban J connectivity index is 2.12. The van der Waals surface area contributed by atoms with Crippen molar-refractivity contribution in [2.24, 2.45) is 0 Å². The van der Waals surface area contributed by atoms with Gasteiger partial charge in [0.25, 0.3) is 5.56 Å². The smallest absolute Gasteiger partial charge is 0.261 e. The number of nitrogens with zero attached hydrogens (tertiary/aromatic N) is 2. The van der Waals surface area contributed by atoms with Crippen molar-refractivity contribution in [2.75, 3.05) is 0 Å². The minimum atomic E-state index is -0.194. The van der Waals surface area contributed by atoms with Gasteiger partial charge in [0, 0.05) is 17.7 Å². The van der Waals surface area contributed by atoms with Crippen molar-refractivity contribution in [3.8, 4) is 0 Å². The Morgan fingerprint density at radius 2 is 2.22 bits per heavy atom. The lowest BCUT2D eigenvalue weighted by atomic mass is 9.90. The Labute approximate surface area is 137 Å². The van der Waals surface area contributed by atoms with Crippen LogP contribution >= 0.6 is 11.3 Å². The normalized spacial score (nSPS) is 16.8. The molecule has 0 saturated carbocycles. The Hall–Kier alpha value is -1.79. The molecule has 0 amide bonds. The Bertz CT molecular complexity index is 971. The van der Waals surface area contributed by atoms with E-state index in [0.717, 1.165) is 40.0 Å². The van der Waals surface area contributed by atoms with Gasteiger partial charge in [-0.1, -0.05) is 13.3 Å². The summed E-state index contributed by atoms with van der Waals surface area (Å²) in [4.78, 5) is 24.9. The number of hydrogen-bond donors (Lipinski definition) is 1. The maximum Gasteiger partial charge on any atom is 0.261 e. The van der Waals surface area contributed by atoms with Gasteiger partial charge in [-0.05, 0) is 25.8 Å². The second kappa shape index (κ2) is 5.11. The fourth-order valence-electron chi connectivity index (χ4n) is 3.30. The van der Waals surface area contributed by atoms with Gasteiger partial charge in [-0.3, -0.25) is 9.78 Å². The van der Waals surface area contributed by atoms with Gasteiger partial charge in [0.1, 0.15) is 10.2 Å². The SMILES string of the molecule is CCCc1nc2c(sc3nc[nH]c(=O)c32)c2c1COC(C)(C)C2. The van der Waals surface area contributed by atoms with Crippen molar-refractivity contribution < 1.29 is 4.74 Å². The minimum Gasteiger partial charge on any atom is -0.370 e. The van der Waals surface area contributed by atoms with E-state index in [0.29, 0.717) is 12.0 Å². The molecule has 3 aromatic heterocycles. The van der Waals surface area contributed by atoms with Crippen molar-refractivity contribution in [1.29, 1.82) is 0 Å². The van der Waals surface area contributed by atoms with Crippen LogP contribution in [0.15, 0.2) is 11.1 Å². The van der Waals surface area contributed by atoms with E-state index in [9.17, 15) is 4.79 Å². The van der Waals surface area contributed by atoms with Crippen LogP contribution in [0.3, 0.4) is 0 Å². The summed E-state index contributed by atoms with van der Waals surface area (Å²) in [5.41, 5.74) is 4.06. The summed E-state index contributed by atoms with van der Waals surface area (Å²) in [5.74, 6) is 0. The number of aromatic nitrogens is 3. The molecular weight excluding hydrogens is 310 g/mol. The highest BCUT2D eigenvalue weighted by atomic mass is 32.1. The summed E-state index contributed by atoms with van der Waals surface area (Å²) in [6, 6.07) is 0. The third-order valence-corrected chi connectivity index (χ3v) is 5.55. The number of rotatable bonds is 2. The van der Waals surface area contributed by atoms with E-state index in [1.54, 1.807) is 11.3 Å². The summed E-state index contributed by atoms with van der Waals surface area (Å²) in [5, 5.41) is 0.622. The molecule has 1 aliphatic rings. The van der Waals surface area contributed by atoms with E-state index in [4.69, 9.17) is 9.72 Å². The van der Waals surface area contributed by atoms with Crippen molar-refractivity contribution in [3.63, 3.8) is 0 Å². The molecular formula is C17H19N3O2S. The van der Waals surface area contributed by atoms with E-state index in [1.165, 1.54) is 17.5 Å². The topological polar surface area (TPSA) is 67.9 Å². The Morgan fingerprint density at radius 1 is 1.39 bits per heavy atom. The van der Waals surface area contributed by atoms with E-state index in [1.807, 2.05) is 0 Å². The summed E-state index contributed by atoms with van der Waals surface area (Å²) in [6.45, 7) is 6.96. The van der Waals surface area contributed by atoms with Crippen LogP contribution in [0.1, 0.15) is 44.0 Å². The van der Waals surface area contributed by atoms with E-state index in [2.05, 4.69) is 30.7 Å². The molecule has 0 unspecified atom stereocenters. The third-order valence-electron chi connectivity index (χ3n) is 4.40. The van der Waals surface area contributed by atoms with Crippen LogP contribution in [-0.4, -0.2) is 20.6 Å². The first-order valence-corrected chi connectivity index (χ1v) is 8.76. The molecule has 0 atom stereocenters. The Morgan fingerprint density at radius 3 is 3.00 bits per heavy atom. The lowest BCUT2D eigenvalue weighted by Gasteiger charge is -2.33. The van der Waals surface area contributed by atoms with E-state index < -0.39 is 0 Å². The first-order chi connectivity index (χ1) is 11.0. The molecule has 0 radical (unpaired) electrons. The molecule has 0 spiro atoms. The largest absolute Gasteiger partial charge is 0.370 e. The molecule has 0 aliphatic carbocycles. The second-order valence-electron chi connectivity index (χ2n) is 6.68. The highest BCUT2D eigenvalue weighted by Gasteiger charge is 2.31. The average molecular weight is 329 g/mol. The molecule has 1 aliphatic heterocycles. The zero-order valence-electron chi connectivity index (χ0n) is 13.5. The number of ether oxygens (including phenoxy) is 1. The maximum atomic E-state index is 12.3. The van der Waals surface area contributed by atoms with Crippen LogP contribution in [0.4, 0.5) is 0 Å². The van der Waals surface area contributed by atoms with Gasteiger partial charge in [-0.15, -0.1) is 11.3 Å². The average Bonchev–Trinajstić information content (AvgIpc) is 2.87. The summed E-state index contributed by atoms with van der Waals surface area (Å²) < 4.78 is 7.10. The predicted octanol–water partition coefficient (Wildman–Crippen LogP) is 3.34. The van der Waals surface area contributed by atoms with Gasteiger partial charge < -0.3 is 9.72 Å². The van der Waals surface area contributed by atoms with Crippen LogP contribution in [-0.2, 0) is 24.2 Å². The molecule has 23 heavy (non-hydrogen) atoms. The molecule has 4 rings (SSSR count). The summed E-state index contributed by atoms with van der Waals surface area (Å²) in [6.07, 6.45) is 4.22. The van der Waals surface area contributed by atoms with Gasteiger partial charge >= 0.3 is 0 Å². The van der Waals surface area contributed by atoms with Crippen LogP contribution in [0.25, 0.3) is 20.4 Å². The molecule has 0 aromatic carbocycles. The van der Waals surface area contributed by atoms with E-state index >= 15 is 0 Å². The highest BCUT2D eigenvalue weighted by molar-refractivity contribution is 7.25. The quantitative estimate of drug-likeness (QED) is 0.783. The molecule has 4 heterocycles. The number of nitrogens with one attached hydrogen (secondary N) is 1. The standard InChI is InChI=1S/C17H19N3O2S/c1-4-5-11-10-7-22-17(2,3)6-9(10)14-13(20-11)12-15(21)18-8-19-16(12)23-14/h8H,4-7H2,1-3H3,(H,18,19,21). The van der Waals surface area contributed by atoms with Gasteiger partial charge in [0.15, 0.2) is 0 Å². The lowest BCUT2D eigenvalue weighted by Crippen LogP contribution is -2.32. The van der Waals surface area contributed by atoms with E-state index in [-0.39, 0.29) is 11.2 Å². The maximum absolute atomic E-state index is 12.3. The lowest BCUT2D eigenvalue weighted by molar-refractivity contribution is -0.0401. The zero-order valence-corrected chi connectivity index (χ0v) is 14.3. The summed E-state index contributed by atoms with van der Waals surface area (Å²) in [7, 11) is 0. The Kier molecular flexibility index (Phi) is 3.28. The van der Waals surface area contributed by atoms with Gasteiger partial charge in [-0.25, -0.2) is 4.98 Å².